The Bertz CT molecular complexity index is 564. The fraction of sp³-hybridized carbons (Fsp3) is 0.467. The summed E-state index contributed by atoms with van der Waals surface area (Å²) in [6.45, 7) is 0. The van der Waals surface area contributed by atoms with Crippen LogP contribution in [-0.2, 0) is 0 Å². The van der Waals surface area contributed by atoms with Gasteiger partial charge in [0.2, 0.25) is 5.95 Å². The molecule has 0 atom stereocenters. The average molecular weight is 273 g/mol. The highest BCUT2D eigenvalue weighted by Crippen LogP contribution is 2.33. The van der Waals surface area contributed by atoms with Crippen LogP contribution in [0.3, 0.4) is 0 Å². The number of para-hydroxylation sites is 1. The Morgan fingerprint density at radius 3 is 2.79 bits per heavy atom. The highest BCUT2D eigenvalue weighted by molar-refractivity contribution is 7.99. The topological polar surface area (TPSA) is 37.8 Å². The number of aromatic nitrogens is 2. The van der Waals surface area contributed by atoms with E-state index < -0.39 is 0 Å². The Morgan fingerprint density at radius 2 is 2.00 bits per heavy atom. The molecule has 1 fully saturated rings. The molecule has 0 amide bonds. The number of thioether (sulfide) groups is 1. The summed E-state index contributed by atoms with van der Waals surface area (Å²) in [7, 11) is 1.87. The van der Waals surface area contributed by atoms with Crippen molar-refractivity contribution < 1.29 is 0 Å². The first-order valence-electron chi connectivity index (χ1n) is 6.94. The Kier molecular flexibility index (Phi) is 3.87. The van der Waals surface area contributed by atoms with Crippen LogP contribution in [0.5, 0.6) is 0 Å². The van der Waals surface area contributed by atoms with Crippen molar-refractivity contribution in [1.29, 1.82) is 0 Å². The molecule has 100 valence electrons. The first kappa shape index (κ1) is 12.7. The molecule has 1 aromatic carbocycles. The van der Waals surface area contributed by atoms with Gasteiger partial charge in [-0.2, -0.15) is 0 Å². The summed E-state index contributed by atoms with van der Waals surface area (Å²) >= 11 is 1.89. The van der Waals surface area contributed by atoms with Crippen LogP contribution in [0.2, 0.25) is 0 Å². The molecule has 3 rings (SSSR count). The molecular weight excluding hydrogens is 254 g/mol. The lowest BCUT2D eigenvalue weighted by Crippen LogP contribution is -2.01. The van der Waals surface area contributed by atoms with Gasteiger partial charge >= 0.3 is 0 Å². The van der Waals surface area contributed by atoms with E-state index in [1.54, 1.807) is 0 Å². The van der Waals surface area contributed by atoms with Crippen molar-refractivity contribution in [2.75, 3.05) is 18.1 Å². The van der Waals surface area contributed by atoms with Gasteiger partial charge in [0.15, 0.2) is 0 Å². The second-order valence-electron chi connectivity index (χ2n) is 5.08. The van der Waals surface area contributed by atoms with Crippen molar-refractivity contribution in [1.82, 2.24) is 9.97 Å². The fourth-order valence-electron chi connectivity index (χ4n) is 2.64. The Morgan fingerprint density at radius 1 is 1.21 bits per heavy atom. The van der Waals surface area contributed by atoms with Crippen LogP contribution in [0.1, 0.15) is 25.7 Å². The molecule has 1 aliphatic rings. The van der Waals surface area contributed by atoms with Gasteiger partial charge in [0.1, 0.15) is 5.03 Å². The van der Waals surface area contributed by atoms with Crippen molar-refractivity contribution in [3.63, 3.8) is 0 Å². The lowest BCUT2D eigenvalue weighted by atomic mass is 10.1. The number of nitrogens with zero attached hydrogens (tertiary/aromatic N) is 2. The molecule has 3 nitrogen and oxygen atoms in total. The maximum absolute atomic E-state index is 4.62. The molecular formula is C15H19N3S. The molecule has 0 bridgehead atoms. The van der Waals surface area contributed by atoms with E-state index in [-0.39, 0.29) is 0 Å². The zero-order chi connectivity index (χ0) is 13.1. The molecule has 1 aromatic heterocycles. The molecule has 0 saturated heterocycles. The summed E-state index contributed by atoms with van der Waals surface area (Å²) in [4.78, 5) is 9.12. The van der Waals surface area contributed by atoms with E-state index in [1.807, 2.05) is 24.9 Å². The van der Waals surface area contributed by atoms with Gasteiger partial charge in [0.05, 0.1) is 5.52 Å². The normalized spacial score (nSPS) is 16.1. The summed E-state index contributed by atoms with van der Waals surface area (Å²) in [5, 5.41) is 5.34. The molecule has 0 unspecified atom stereocenters. The smallest absolute Gasteiger partial charge is 0.224 e. The molecule has 0 aliphatic heterocycles. The molecule has 4 heteroatoms. The van der Waals surface area contributed by atoms with Crippen LogP contribution < -0.4 is 5.32 Å². The van der Waals surface area contributed by atoms with Crippen molar-refractivity contribution >= 4 is 28.6 Å². The van der Waals surface area contributed by atoms with E-state index in [0.717, 1.165) is 16.5 Å². The number of hydrogen-bond acceptors (Lipinski definition) is 4. The summed E-state index contributed by atoms with van der Waals surface area (Å²) in [5.74, 6) is 2.77. The van der Waals surface area contributed by atoms with E-state index >= 15 is 0 Å². The summed E-state index contributed by atoms with van der Waals surface area (Å²) in [6.07, 6.45) is 5.57. The lowest BCUT2D eigenvalue weighted by molar-refractivity contribution is 0.623. The van der Waals surface area contributed by atoms with Crippen LogP contribution in [0.15, 0.2) is 29.3 Å². The average Bonchev–Trinajstić information content (AvgIpc) is 2.97. The minimum atomic E-state index is 0.715. The highest BCUT2D eigenvalue weighted by atomic mass is 32.2. The van der Waals surface area contributed by atoms with E-state index in [4.69, 9.17) is 0 Å². The largest absolute Gasteiger partial charge is 0.357 e. The van der Waals surface area contributed by atoms with Crippen molar-refractivity contribution in [2.24, 2.45) is 5.92 Å². The van der Waals surface area contributed by atoms with Crippen LogP contribution in [-0.4, -0.2) is 22.8 Å². The van der Waals surface area contributed by atoms with E-state index in [1.165, 1.54) is 36.8 Å². The predicted octanol–water partition coefficient (Wildman–Crippen LogP) is 3.95. The lowest BCUT2D eigenvalue weighted by Gasteiger charge is -2.10. The monoisotopic (exact) mass is 273 g/mol. The van der Waals surface area contributed by atoms with Gasteiger partial charge in [0.25, 0.3) is 0 Å². The molecule has 19 heavy (non-hydrogen) atoms. The first-order valence-corrected chi connectivity index (χ1v) is 7.92. The highest BCUT2D eigenvalue weighted by Gasteiger charge is 2.16. The summed E-state index contributed by atoms with van der Waals surface area (Å²) in [6, 6.07) is 8.26. The van der Waals surface area contributed by atoms with Crippen molar-refractivity contribution in [3.8, 4) is 0 Å². The SMILES string of the molecule is CNc1nc(SCC2CCCC2)c2ccccc2n1. The Hall–Kier alpha value is -1.29. The Labute approximate surface area is 118 Å². The fourth-order valence-corrected chi connectivity index (χ4v) is 3.85. The molecule has 0 spiro atoms. The Balaban J connectivity index is 1.87. The number of rotatable bonds is 4. The molecule has 1 heterocycles. The number of anilines is 1. The molecule has 1 aliphatic carbocycles. The molecule has 1 N–H and O–H groups in total. The van der Waals surface area contributed by atoms with Crippen molar-refractivity contribution in [2.45, 2.75) is 30.7 Å². The minimum Gasteiger partial charge on any atom is -0.357 e. The van der Waals surface area contributed by atoms with Crippen LogP contribution in [0.25, 0.3) is 10.9 Å². The number of benzene rings is 1. The quantitative estimate of drug-likeness (QED) is 0.676. The summed E-state index contributed by atoms with van der Waals surface area (Å²) in [5.41, 5.74) is 1.02. The van der Waals surface area contributed by atoms with E-state index in [2.05, 4.69) is 33.5 Å². The molecule has 1 saturated carbocycles. The summed E-state index contributed by atoms with van der Waals surface area (Å²) < 4.78 is 0. The van der Waals surface area contributed by atoms with Crippen LogP contribution in [0.4, 0.5) is 5.95 Å². The third kappa shape index (κ3) is 2.84. The van der Waals surface area contributed by atoms with Gasteiger partial charge in [-0.25, -0.2) is 9.97 Å². The zero-order valence-corrected chi connectivity index (χ0v) is 12.0. The van der Waals surface area contributed by atoms with Gasteiger partial charge in [-0.05, 0) is 24.8 Å². The number of fused-ring (bicyclic) bond motifs is 1. The van der Waals surface area contributed by atoms with Crippen molar-refractivity contribution in [3.05, 3.63) is 24.3 Å². The first-order chi connectivity index (χ1) is 9.36. The van der Waals surface area contributed by atoms with Gasteiger partial charge in [-0.1, -0.05) is 31.0 Å². The van der Waals surface area contributed by atoms with Gasteiger partial charge in [-0.15, -0.1) is 11.8 Å². The van der Waals surface area contributed by atoms with Gasteiger partial charge in [-0.3, -0.25) is 0 Å². The minimum absolute atomic E-state index is 0.715. The maximum Gasteiger partial charge on any atom is 0.224 e. The standard InChI is InChI=1S/C15H19N3S/c1-16-15-17-13-9-5-4-8-12(13)14(18-15)19-10-11-6-2-3-7-11/h4-5,8-9,11H,2-3,6-7,10H2,1H3,(H,16,17,18). The second kappa shape index (κ2) is 5.78. The number of nitrogens with one attached hydrogen (secondary N) is 1. The van der Waals surface area contributed by atoms with Crippen LogP contribution >= 0.6 is 11.8 Å². The number of hydrogen-bond donors (Lipinski definition) is 1. The second-order valence-corrected chi connectivity index (χ2v) is 6.09. The van der Waals surface area contributed by atoms with E-state index in [9.17, 15) is 0 Å². The van der Waals surface area contributed by atoms with Gasteiger partial charge < -0.3 is 5.32 Å². The molecule has 2 aromatic rings. The van der Waals surface area contributed by atoms with E-state index in [0.29, 0.717) is 5.95 Å². The molecule has 0 radical (unpaired) electrons. The predicted molar refractivity (Wildman–Crippen MR) is 81.8 cm³/mol. The van der Waals surface area contributed by atoms with Gasteiger partial charge in [0, 0.05) is 18.2 Å². The maximum atomic E-state index is 4.62. The third-order valence-corrected chi connectivity index (χ3v) is 4.95. The zero-order valence-electron chi connectivity index (χ0n) is 11.2. The third-order valence-electron chi connectivity index (χ3n) is 3.72. The van der Waals surface area contributed by atoms with Crippen LogP contribution in [0, 0.1) is 5.92 Å².